The maximum atomic E-state index is 12.3. The zero-order valence-corrected chi connectivity index (χ0v) is 11.3. The van der Waals surface area contributed by atoms with E-state index in [4.69, 9.17) is 9.47 Å². The first-order valence-corrected chi connectivity index (χ1v) is 6.70. The maximum Gasteiger partial charge on any atom is 0.344 e. The molecule has 0 N–H and O–H groups in total. The summed E-state index contributed by atoms with van der Waals surface area (Å²) in [6.45, 7) is 0.202. The second kappa shape index (κ2) is 5.89. The Bertz CT molecular complexity index is 636. The first-order valence-electron chi connectivity index (χ1n) is 6.70. The number of carbonyl (C=O) groups is 2. The highest BCUT2D eigenvalue weighted by Crippen LogP contribution is 2.28. The molecule has 2 atom stereocenters. The Balaban J connectivity index is 1.70. The fraction of sp³-hybridized carbons (Fsp3) is 0.176. The van der Waals surface area contributed by atoms with Crippen LogP contribution < -0.4 is 0 Å². The lowest BCUT2D eigenvalue weighted by molar-refractivity contribution is -0.150. The van der Waals surface area contributed by atoms with Gasteiger partial charge in [0.1, 0.15) is 0 Å². The summed E-state index contributed by atoms with van der Waals surface area (Å²) in [6, 6.07) is 18.4. The highest BCUT2D eigenvalue weighted by Gasteiger charge is 2.45. The Labute approximate surface area is 122 Å². The van der Waals surface area contributed by atoms with Gasteiger partial charge < -0.3 is 9.47 Å². The molecule has 1 fully saturated rings. The predicted octanol–water partition coefficient (Wildman–Crippen LogP) is 2.44. The normalized spacial score (nSPS) is 21.3. The lowest BCUT2D eigenvalue weighted by Gasteiger charge is -2.08. The Hall–Kier alpha value is -2.46. The molecule has 1 saturated heterocycles. The molecule has 3 rings (SSSR count). The lowest BCUT2D eigenvalue weighted by Crippen LogP contribution is -2.26. The molecule has 4 heteroatoms. The number of ketones is 1. The molecule has 21 heavy (non-hydrogen) atoms. The molecule has 4 nitrogen and oxygen atoms in total. The molecule has 0 amide bonds. The summed E-state index contributed by atoms with van der Waals surface area (Å²) >= 11 is 0. The van der Waals surface area contributed by atoms with E-state index in [9.17, 15) is 9.59 Å². The number of carbonyl (C=O) groups excluding carboxylic acids is 2. The molecule has 0 spiro atoms. The van der Waals surface area contributed by atoms with Crippen molar-refractivity contribution < 1.29 is 19.1 Å². The fourth-order valence-corrected chi connectivity index (χ4v) is 2.25. The monoisotopic (exact) mass is 282 g/mol. The molecule has 1 aliphatic heterocycles. The van der Waals surface area contributed by atoms with Crippen molar-refractivity contribution in [2.75, 3.05) is 0 Å². The van der Waals surface area contributed by atoms with E-state index in [1.165, 1.54) is 0 Å². The summed E-state index contributed by atoms with van der Waals surface area (Å²) in [4.78, 5) is 24.1. The molecule has 0 aromatic heterocycles. The van der Waals surface area contributed by atoms with Gasteiger partial charge in [0, 0.05) is 5.56 Å². The fourth-order valence-electron chi connectivity index (χ4n) is 2.25. The van der Waals surface area contributed by atoms with Gasteiger partial charge in [0.15, 0.2) is 6.10 Å². The minimum absolute atomic E-state index is 0.202. The van der Waals surface area contributed by atoms with Crippen LogP contribution in [0.15, 0.2) is 60.7 Å². The molecule has 0 saturated carbocycles. The Morgan fingerprint density at radius 2 is 1.52 bits per heavy atom. The van der Waals surface area contributed by atoms with Gasteiger partial charge in [-0.2, -0.15) is 0 Å². The Kier molecular flexibility index (Phi) is 3.79. The standard InChI is InChI=1S/C17H14O4/c18-14-15(13-9-5-2-6-10-13)21-17(19)16(14)20-11-12-7-3-1-4-8-12/h1-10,15-16H,11H2/t15-,16?/m0/s1. The van der Waals surface area contributed by atoms with E-state index in [1.807, 2.05) is 36.4 Å². The molecule has 1 aliphatic rings. The summed E-state index contributed by atoms with van der Waals surface area (Å²) in [6.07, 6.45) is -2.00. The number of hydrogen-bond acceptors (Lipinski definition) is 4. The van der Waals surface area contributed by atoms with Crippen LogP contribution in [0.25, 0.3) is 0 Å². The third kappa shape index (κ3) is 2.85. The van der Waals surface area contributed by atoms with Crippen LogP contribution in [0, 0.1) is 0 Å². The van der Waals surface area contributed by atoms with E-state index in [0.29, 0.717) is 5.56 Å². The molecule has 0 bridgehead atoms. The number of benzene rings is 2. The molecular weight excluding hydrogens is 268 g/mol. The number of cyclic esters (lactones) is 1. The first-order chi connectivity index (χ1) is 10.3. The summed E-state index contributed by atoms with van der Waals surface area (Å²) in [5, 5.41) is 0. The van der Waals surface area contributed by atoms with Crippen molar-refractivity contribution >= 4 is 11.8 Å². The molecule has 106 valence electrons. The molecule has 1 heterocycles. The van der Waals surface area contributed by atoms with Gasteiger partial charge in [0.25, 0.3) is 0 Å². The molecular formula is C17H14O4. The van der Waals surface area contributed by atoms with Crippen molar-refractivity contribution in [1.29, 1.82) is 0 Å². The first kappa shape index (κ1) is 13.5. The quantitative estimate of drug-likeness (QED) is 0.638. The maximum absolute atomic E-state index is 12.3. The van der Waals surface area contributed by atoms with Crippen LogP contribution in [0.4, 0.5) is 0 Å². The highest BCUT2D eigenvalue weighted by atomic mass is 16.6. The van der Waals surface area contributed by atoms with E-state index in [2.05, 4.69) is 0 Å². The van der Waals surface area contributed by atoms with Gasteiger partial charge in [-0.25, -0.2) is 4.79 Å². The van der Waals surface area contributed by atoms with Crippen LogP contribution in [0.3, 0.4) is 0 Å². The van der Waals surface area contributed by atoms with E-state index in [-0.39, 0.29) is 12.4 Å². The number of ether oxygens (including phenoxy) is 2. The van der Waals surface area contributed by atoms with Crippen LogP contribution in [0.2, 0.25) is 0 Å². The second-order valence-electron chi connectivity index (χ2n) is 4.81. The highest BCUT2D eigenvalue weighted by molar-refractivity contribution is 6.09. The van der Waals surface area contributed by atoms with Crippen LogP contribution in [-0.2, 0) is 25.7 Å². The van der Waals surface area contributed by atoms with Crippen molar-refractivity contribution in [1.82, 2.24) is 0 Å². The molecule has 1 unspecified atom stereocenters. The van der Waals surface area contributed by atoms with Crippen molar-refractivity contribution in [2.45, 2.75) is 18.8 Å². The van der Waals surface area contributed by atoms with Gasteiger partial charge in [-0.05, 0) is 5.56 Å². The van der Waals surface area contributed by atoms with E-state index >= 15 is 0 Å². The molecule has 0 aliphatic carbocycles. The second-order valence-corrected chi connectivity index (χ2v) is 4.81. The van der Waals surface area contributed by atoms with Gasteiger partial charge in [0.2, 0.25) is 11.9 Å². The summed E-state index contributed by atoms with van der Waals surface area (Å²) in [5.74, 6) is -0.966. The van der Waals surface area contributed by atoms with Gasteiger partial charge in [0.05, 0.1) is 6.61 Å². The number of esters is 1. The minimum atomic E-state index is -1.14. The average molecular weight is 282 g/mol. The number of Topliss-reactive ketones (excluding diaryl/α,β-unsaturated/α-hetero) is 1. The van der Waals surface area contributed by atoms with Crippen LogP contribution in [0.1, 0.15) is 17.2 Å². The summed E-state index contributed by atoms with van der Waals surface area (Å²) < 4.78 is 10.6. The van der Waals surface area contributed by atoms with Crippen molar-refractivity contribution in [2.24, 2.45) is 0 Å². The van der Waals surface area contributed by atoms with E-state index in [0.717, 1.165) is 5.56 Å². The Morgan fingerprint density at radius 1 is 0.905 bits per heavy atom. The third-order valence-corrected chi connectivity index (χ3v) is 3.33. The molecule has 0 radical (unpaired) electrons. The summed E-state index contributed by atoms with van der Waals surface area (Å²) in [5.41, 5.74) is 1.57. The Morgan fingerprint density at radius 3 is 2.19 bits per heavy atom. The average Bonchev–Trinajstić information content (AvgIpc) is 2.82. The van der Waals surface area contributed by atoms with Gasteiger partial charge in [-0.15, -0.1) is 0 Å². The minimum Gasteiger partial charge on any atom is -0.447 e. The van der Waals surface area contributed by atoms with Crippen LogP contribution >= 0.6 is 0 Å². The van der Waals surface area contributed by atoms with Crippen LogP contribution in [0.5, 0.6) is 0 Å². The zero-order chi connectivity index (χ0) is 14.7. The molecule has 2 aromatic carbocycles. The van der Waals surface area contributed by atoms with Gasteiger partial charge >= 0.3 is 5.97 Å². The summed E-state index contributed by atoms with van der Waals surface area (Å²) in [7, 11) is 0. The topological polar surface area (TPSA) is 52.6 Å². The third-order valence-electron chi connectivity index (χ3n) is 3.33. The number of rotatable bonds is 4. The van der Waals surface area contributed by atoms with Crippen LogP contribution in [-0.4, -0.2) is 17.9 Å². The van der Waals surface area contributed by atoms with Crippen molar-refractivity contribution in [3.8, 4) is 0 Å². The zero-order valence-electron chi connectivity index (χ0n) is 11.3. The van der Waals surface area contributed by atoms with E-state index in [1.54, 1.807) is 24.3 Å². The van der Waals surface area contributed by atoms with Gasteiger partial charge in [-0.1, -0.05) is 60.7 Å². The van der Waals surface area contributed by atoms with E-state index < -0.39 is 18.2 Å². The van der Waals surface area contributed by atoms with Crippen molar-refractivity contribution in [3.05, 3.63) is 71.8 Å². The number of hydrogen-bond donors (Lipinski definition) is 0. The smallest absolute Gasteiger partial charge is 0.344 e. The SMILES string of the molecule is O=C1O[C@@H](c2ccccc2)C(=O)C1OCc1ccccc1. The van der Waals surface area contributed by atoms with Crippen molar-refractivity contribution in [3.63, 3.8) is 0 Å². The predicted molar refractivity (Wildman–Crippen MR) is 75.3 cm³/mol. The lowest BCUT2D eigenvalue weighted by atomic mass is 10.0. The van der Waals surface area contributed by atoms with Gasteiger partial charge in [-0.3, -0.25) is 4.79 Å². The largest absolute Gasteiger partial charge is 0.447 e. The molecule has 2 aromatic rings.